The van der Waals surface area contributed by atoms with E-state index < -0.39 is 0 Å². The summed E-state index contributed by atoms with van der Waals surface area (Å²) in [5.74, 6) is -0.111. The number of benzene rings is 1. The van der Waals surface area contributed by atoms with Gasteiger partial charge in [-0.3, -0.25) is 9.69 Å². The van der Waals surface area contributed by atoms with E-state index in [1.807, 2.05) is 7.05 Å². The van der Waals surface area contributed by atoms with Gasteiger partial charge in [-0.05, 0) is 37.1 Å². The van der Waals surface area contributed by atoms with Crippen molar-refractivity contribution in [2.75, 3.05) is 13.6 Å². The lowest BCUT2D eigenvalue weighted by Gasteiger charge is -2.35. The molecule has 19 heavy (non-hydrogen) atoms. The molecule has 0 bridgehead atoms. The molecular weight excluding hydrogens is 241 g/mol. The van der Waals surface area contributed by atoms with Crippen LogP contribution in [0.4, 0.5) is 4.39 Å². The van der Waals surface area contributed by atoms with Crippen molar-refractivity contribution in [1.82, 2.24) is 4.90 Å². The first-order valence-electron chi connectivity index (χ1n) is 6.66. The van der Waals surface area contributed by atoms with Crippen LogP contribution in [-0.2, 0) is 11.2 Å². The Morgan fingerprint density at radius 3 is 2.26 bits per heavy atom. The highest BCUT2D eigenvalue weighted by Crippen LogP contribution is 2.22. The lowest BCUT2D eigenvalue weighted by molar-refractivity contribution is -0.120. The second-order valence-corrected chi connectivity index (χ2v) is 6.30. The number of rotatable bonds is 5. The van der Waals surface area contributed by atoms with Crippen molar-refractivity contribution in [2.24, 2.45) is 5.41 Å². The SMILES string of the molecule is CC(N(C)CC(=O)Cc1ccc(F)cc1)C(C)(C)C. The third-order valence-corrected chi connectivity index (χ3v) is 3.65. The summed E-state index contributed by atoms with van der Waals surface area (Å²) in [6.07, 6.45) is 0.363. The number of hydrogen-bond donors (Lipinski definition) is 0. The number of Topliss-reactive ketones (excluding diaryl/α,β-unsaturated/α-hetero) is 1. The van der Waals surface area contributed by atoms with Crippen LogP contribution in [0.2, 0.25) is 0 Å². The fourth-order valence-electron chi connectivity index (χ4n) is 1.96. The van der Waals surface area contributed by atoms with E-state index in [-0.39, 0.29) is 17.0 Å². The molecule has 0 aliphatic rings. The lowest BCUT2D eigenvalue weighted by atomic mass is 9.87. The summed E-state index contributed by atoms with van der Waals surface area (Å²) in [6, 6.07) is 6.44. The third kappa shape index (κ3) is 5.11. The second kappa shape index (κ2) is 6.29. The molecule has 0 amide bonds. The summed E-state index contributed by atoms with van der Waals surface area (Å²) in [6.45, 7) is 9.05. The average Bonchev–Trinajstić information content (AvgIpc) is 2.29. The molecule has 0 saturated carbocycles. The molecule has 0 saturated heterocycles. The van der Waals surface area contributed by atoms with Gasteiger partial charge in [-0.2, -0.15) is 0 Å². The van der Waals surface area contributed by atoms with Crippen LogP contribution in [-0.4, -0.2) is 30.3 Å². The third-order valence-electron chi connectivity index (χ3n) is 3.65. The minimum Gasteiger partial charge on any atom is -0.298 e. The van der Waals surface area contributed by atoms with Crippen molar-refractivity contribution in [3.63, 3.8) is 0 Å². The van der Waals surface area contributed by atoms with E-state index in [2.05, 4.69) is 32.6 Å². The summed E-state index contributed by atoms with van der Waals surface area (Å²) in [4.78, 5) is 14.1. The van der Waals surface area contributed by atoms with Gasteiger partial charge < -0.3 is 0 Å². The molecule has 1 atom stereocenters. The van der Waals surface area contributed by atoms with Crippen molar-refractivity contribution in [2.45, 2.75) is 40.2 Å². The molecule has 0 fully saturated rings. The minimum absolute atomic E-state index is 0.144. The van der Waals surface area contributed by atoms with E-state index in [9.17, 15) is 9.18 Å². The van der Waals surface area contributed by atoms with Crippen LogP contribution in [0, 0.1) is 11.2 Å². The van der Waals surface area contributed by atoms with Gasteiger partial charge in [0, 0.05) is 12.5 Å². The molecule has 0 radical (unpaired) electrons. The fourth-order valence-corrected chi connectivity index (χ4v) is 1.96. The van der Waals surface area contributed by atoms with Crippen molar-refractivity contribution in [3.8, 4) is 0 Å². The quantitative estimate of drug-likeness (QED) is 0.814. The number of hydrogen-bond acceptors (Lipinski definition) is 2. The van der Waals surface area contributed by atoms with E-state index in [4.69, 9.17) is 0 Å². The predicted octanol–water partition coefficient (Wildman–Crippen LogP) is 3.30. The molecular formula is C16H24FNO. The Balaban J connectivity index is 2.54. The van der Waals surface area contributed by atoms with Crippen LogP contribution in [0.1, 0.15) is 33.3 Å². The Kier molecular flexibility index (Phi) is 5.24. The summed E-state index contributed by atoms with van der Waals surface area (Å²) >= 11 is 0. The van der Waals surface area contributed by atoms with Crippen molar-refractivity contribution in [3.05, 3.63) is 35.6 Å². The van der Waals surface area contributed by atoms with Crippen LogP contribution in [0.5, 0.6) is 0 Å². The average molecular weight is 265 g/mol. The molecule has 1 unspecified atom stereocenters. The second-order valence-electron chi connectivity index (χ2n) is 6.30. The fraction of sp³-hybridized carbons (Fsp3) is 0.562. The molecule has 1 rings (SSSR count). The molecule has 0 N–H and O–H groups in total. The highest BCUT2D eigenvalue weighted by molar-refractivity contribution is 5.82. The van der Waals surface area contributed by atoms with Crippen LogP contribution in [0.3, 0.4) is 0 Å². The molecule has 3 heteroatoms. The predicted molar refractivity (Wildman–Crippen MR) is 76.7 cm³/mol. The van der Waals surface area contributed by atoms with Gasteiger partial charge in [-0.25, -0.2) is 4.39 Å². The van der Waals surface area contributed by atoms with Crippen LogP contribution >= 0.6 is 0 Å². The lowest BCUT2D eigenvalue weighted by Crippen LogP contribution is -2.42. The van der Waals surface area contributed by atoms with Crippen LogP contribution in [0.25, 0.3) is 0 Å². The maximum atomic E-state index is 12.8. The molecule has 2 nitrogen and oxygen atoms in total. The Morgan fingerprint density at radius 1 is 1.26 bits per heavy atom. The highest BCUT2D eigenvalue weighted by atomic mass is 19.1. The molecule has 0 aromatic heterocycles. The Bertz CT molecular complexity index is 419. The van der Waals surface area contributed by atoms with E-state index in [1.165, 1.54) is 12.1 Å². The van der Waals surface area contributed by atoms with Gasteiger partial charge in [0.2, 0.25) is 0 Å². The summed E-state index contributed by atoms with van der Waals surface area (Å²) in [7, 11) is 1.97. The van der Waals surface area contributed by atoms with Crippen LogP contribution < -0.4 is 0 Å². The summed E-state index contributed by atoms with van der Waals surface area (Å²) in [5.41, 5.74) is 1.01. The maximum absolute atomic E-state index is 12.8. The Hall–Kier alpha value is -1.22. The standard InChI is InChI=1S/C16H24FNO/c1-12(16(2,3)4)18(5)11-15(19)10-13-6-8-14(17)9-7-13/h6-9,12H,10-11H2,1-5H3. The largest absolute Gasteiger partial charge is 0.298 e. The normalized spacial score (nSPS) is 13.6. The minimum atomic E-state index is -0.269. The maximum Gasteiger partial charge on any atom is 0.151 e. The van der Waals surface area contributed by atoms with Crippen molar-refractivity contribution < 1.29 is 9.18 Å². The Morgan fingerprint density at radius 2 is 1.79 bits per heavy atom. The first-order valence-corrected chi connectivity index (χ1v) is 6.66. The van der Waals surface area contributed by atoms with Gasteiger partial charge in [-0.15, -0.1) is 0 Å². The smallest absolute Gasteiger partial charge is 0.151 e. The Labute approximate surface area is 115 Å². The van der Waals surface area contributed by atoms with Crippen molar-refractivity contribution >= 4 is 5.78 Å². The molecule has 106 valence electrons. The first-order chi connectivity index (χ1) is 8.70. The molecule has 1 aromatic carbocycles. The zero-order chi connectivity index (χ0) is 14.6. The summed E-state index contributed by atoms with van der Waals surface area (Å²) < 4.78 is 12.8. The van der Waals surface area contributed by atoms with E-state index >= 15 is 0 Å². The first kappa shape index (κ1) is 15.8. The monoisotopic (exact) mass is 265 g/mol. The van der Waals surface area contributed by atoms with Crippen LogP contribution in [0.15, 0.2) is 24.3 Å². The molecule has 0 aliphatic carbocycles. The van der Waals surface area contributed by atoms with Gasteiger partial charge in [0.05, 0.1) is 6.54 Å². The number of ketones is 1. The number of likely N-dealkylation sites (N-methyl/N-ethyl adjacent to an activating group) is 1. The van der Waals surface area contributed by atoms with Crippen molar-refractivity contribution in [1.29, 1.82) is 0 Å². The number of nitrogens with zero attached hydrogens (tertiary/aromatic N) is 1. The van der Waals surface area contributed by atoms with Gasteiger partial charge in [-0.1, -0.05) is 32.9 Å². The topological polar surface area (TPSA) is 20.3 Å². The zero-order valence-electron chi connectivity index (χ0n) is 12.5. The number of carbonyl (C=O) groups excluding carboxylic acids is 1. The summed E-state index contributed by atoms with van der Waals surface area (Å²) in [5, 5.41) is 0. The molecule has 1 aromatic rings. The molecule has 0 heterocycles. The molecule has 0 aliphatic heterocycles. The molecule has 0 spiro atoms. The zero-order valence-corrected chi connectivity index (χ0v) is 12.5. The number of carbonyl (C=O) groups is 1. The van der Waals surface area contributed by atoms with E-state index in [0.29, 0.717) is 19.0 Å². The van der Waals surface area contributed by atoms with E-state index in [0.717, 1.165) is 5.56 Å². The van der Waals surface area contributed by atoms with E-state index in [1.54, 1.807) is 12.1 Å². The van der Waals surface area contributed by atoms with Gasteiger partial charge in [0.1, 0.15) is 5.82 Å². The number of halogens is 1. The highest BCUT2D eigenvalue weighted by Gasteiger charge is 2.24. The van der Waals surface area contributed by atoms with Gasteiger partial charge >= 0.3 is 0 Å². The van der Waals surface area contributed by atoms with Gasteiger partial charge in [0.15, 0.2) is 5.78 Å². The van der Waals surface area contributed by atoms with Gasteiger partial charge in [0.25, 0.3) is 0 Å².